The van der Waals surface area contributed by atoms with Crippen LogP contribution in [0.2, 0.25) is 5.02 Å². The third-order valence-electron chi connectivity index (χ3n) is 4.70. The highest BCUT2D eigenvalue weighted by Gasteiger charge is 2.49. The molecule has 4 atom stereocenters. The molecule has 4 nitrogen and oxygen atoms in total. The first-order valence-corrected chi connectivity index (χ1v) is 7.64. The molecule has 0 aromatic heterocycles. The number of alkyl halides is 2. The van der Waals surface area contributed by atoms with E-state index in [4.69, 9.17) is 17.3 Å². The highest BCUT2D eigenvalue weighted by Crippen LogP contribution is 2.48. The smallest absolute Gasteiger partial charge is 0.387 e. The van der Waals surface area contributed by atoms with Gasteiger partial charge in [-0.3, -0.25) is 4.79 Å². The van der Waals surface area contributed by atoms with Gasteiger partial charge in [-0.25, -0.2) is 0 Å². The molecule has 0 heterocycles. The van der Waals surface area contributed by atoms with Crippen LogP contribution in [0.3, 0.4) is 0 Å². The molecular weight excluding hydrogens is 349 g/mol. The van der Waals surface area contributed by atoms with Crippen molar-refractivity contribution in [2.45, 2.75) is 31.9 Å². The number of hydrogen-bond donors (Lipinski definition) is 2. The monoisotopic (exact) mass is 366 g/mol. The average Bonchev–Trinajstić information content (AvgIpc) is 3.02. The molecule has 0 saturated heterocycles. The molecule has 1 aromatic rings. The van der Waals surface area contributed by atoms with Crippen LogP contribution >= 0.6 is 24.0 Å². The van der Waals surface area contributed by atoms with E-state index in [0.717, 1.165) is 19.3 Å². The molecular formula is C15H18Cl2F2N2O2. The van der Waals surface area contributed by atoms with Gasteiger partial charge < -0.3 is 15.8 Å². The summed E-state index contributed by atoms with van der Waals surface area (Å²) < 4.78 is 28.6. The Kier molecular flexibility index (Phi) is 5.70. The van der Waals surface area contributed by atoms with E-state index in [1.807, 2.05) is 0 Å². The molecule has 2 bridgehead atoms. The van der Waals surface area contributed by atoms with Crippen molar-refractivity contribution in [2.75, 3.05) is 5.32 Å². The van der Waals surface area contributed by atoms with Crippen LogP contribution in [0.4, 0.5) is 14.5 Å². The number of amides is 1. The van der Waals surface area contributed by atoms with Crippen LogP contribution < -0.4 is 15.8 Å². The van der Waals surface area contributed by atoms with Crippen molar-refractivity contribution in [3.63, 3.8) is 0 Å². The quantitative estimate of drug-likeness (QED) is 0.854. The molecule has 4 unspecified atom stereocenters. The van der Waals surface area contributed by atoms with Gasteiger partial charge in [0.25, 0.3) is 0 Å². The van der Waals surface area contributed by atoms with E-state index < -0.39 is 6.61 Å². The van der Waals surface area contributed by atoms with Gasteiger partial charge in [0.05, 0.1) is 10.9 Å². The third-order valence-corrected chi connectivity index (χ3v) is 4.99. The lowest BCUT2D eigenvalue weighted by Gasteiger charge is -2.27. The van der Waals surface area contributed by atoms with Crippen LogP contribution in [-0.2, 0) is 4.79 Å². The van der Waals surface area contributed by atoms with Crippen molar-refractivity contribution < 1.29 is 18.3 Å². The van der Waals surface area contributed by atoms with Crippen molar-refractivity contribution in [2.24, 2.45) is 23.5 Å². The summed E-state index contributed by atoms with van der Waals surface area (Å²) in [6.07, 6.45) is 3.15. The average molecular weight is 367 g/mol. The van der Waals surface area contributed by atoms with Crippen LogP contribution in [0.15, 0.2) is 18.2 Å². The summed E-state index contributed by atoms with van der Waals surface area (Å²) >= 11 is 5.87. The minimum absolute atomic E-state index is 0. The number of halogens is 4. The first-order valence-electron chi connectivity index (χ1n) is 7.26. The van der Waals surface area contributed by atoms with E-state index in [1.165, 1.54) is 18.2 Å². The van der Waals surface area contributed by atoms with E-state index in [1.54, 1.807) is 0 Å². The number of benzene rings is 1. The summed E-state index contributed by atoms with van der Waals surface area (Å²) in [5.41, 5.74) is 6.59. The van der Waals surface area contributed by atoms with Crippen LogP contribution in [0, 0.1) is 17.8 Å². The van der Waals surface area contributed by atoms with Gasteiger partial charge in [-0.1, -0.05) is 11.6 Å². The Hall–Kier alpha value is -1.11. The molecule has 2 aliphatic rings. The number of rotatable bonds is 4. The number of carbonyl (C=O) groups is 1. The summed E-state index contributed by atoms with van der Waals surface area (Å²) in [6, 6.07) is 4.09. The molecule has 23 heavy (non-hydrogen) atoms. The Morgan fingerprint density at radius 1 is 1.35 bits per heavy atom. The Morgan fingerprint density at radius 3 is 2.61 bits per heavy atom. The molecule has 3 rings (SSSR count). The summed E-state index contributed by atoms with van der Waals surface area (Å²) in [7, 11) is 0. The molecule has 2 saturated carbocycles. The zero-order valence-corrected chi connectivity index (χ0v) is 13.7. The lowest BCUT2D eigenvalue weighted by atomic mass is 9.84. The number of ether oxygens (including phenoxy) is 1. The number of fused-ring (bicyclic) bond motifs is 2. The molecule has 1 amide bonds. The predicted octanol–water partition coefficient (Wildman–Crippen LogP) is 3.68. The van der Waals surface area contributed by atoms with Crippen LogP contribution in [0.5, 0.6) is 5.75 Å². The van der Waals surface area contributed by atoms with Crippen LogP contribution in [0.25, 0.3) is 0 Å². The number of carbonyl (C=O) groups excluding carboxylic acids is 1. The summed E-state index contributed by atoms with van der Waals surface area (Å²) in [5.74, 6) is 0.349. The molecule has 1 aromatic carbocycles. The second-order valence-electron chi connectivity index (χ2n) is 5.95. The van der Waals surface area contributed by atoms with E-state index in [9.17, 15) is 13.6 Å². The Balaban J connectivity index is 0.00000192. The van der Waals surface area contributed by atoms with Gasteiger partial charge in [-0.15, -0.1) is 12.4 Å². The van der Waals surface area contributed by atoms with Crippen molar-refractivity contribution in [3.05, 3.63) is 23.2 Å². The Bertz CT molecular complexity index is 587. The van der Waals surface area contributed by atoms with Crippen molar-refractivity contribution >= 4 is 35.6 Å². The zero-order chi connectivity index (χ0) is 15.9. The molecule has 0 aliphatic heterocycles. The maximum atomic E-state index is 12.4. The maximum absolute atomic E-state index is 12.4. The summed E-state index contributed by atoms with van der Waals surface area (Å²) in [4.78, 5) is 12.4. The minimum atomic E-state index is -2.94. The molecule has 8 heteroatoms. The fraction of sp³-hybridized carbons (Fsp3) is 0.533. The molecule has 128 valence electrons. The molecule has 2 aliphatic carbocycles. The van der Waals surface area contributed by atoms with Crippen LogP contribution in [0.1, 0.15) is 19.3 Å². The van der Waals surface area contributed by atoms with Gasteiger partial charge in [-0.05, 0) is 49.3 Å². The standard InChI is InChI=1S/C15H17ClF2N2O2.ClH/c16-10-6-9(3-4-11(10)22-15(17)18)20-14(21)12-7-1-2-8(5-7)13(12)19;/h3-4,6-8,12-13,15H,1-2,5,19H2,(H,20,21);1H. The molecule has 0 radical (unpaired) electrons. The molecule has 2 fully saturated rings. The van der Waals surface area contributed by atoms with Crippen LogP contribution in [-0.4, -0.2) is 18.6 Å². The second kappa shape index (κ2) is 7.20. The minimum Gasteiger partial charge on any atom is -0.433 e. The topological polar surface area (TPSA) is 64.4 Å². The highest BCUT2D eigenvalue weighted by molar-refractivity contribution is 6.32. The Labute approximate surface area is 144 Å². The summed E-state index contributed by atoms with van der Waals surface area (Å²) in [5, 5.41) is 2.80. The fourth-order valence-electron chi connectivity index (χ4n) is 3.72. The van der Waals surface area contributed by atoms with Gasteiger partial charge in [0, 0.05) is 11.7 Å². The fourth-order valence-corrected chi connectivity index (χ4v) is 3.95. The van der Waals surface area contributed by atoms with Gasteiger partial charge >= 0.3 is 6.61 Å². The number of anilines is 1. The van der Waals surface area contributed by atoms with E-state index in [0.29, 0.717) is 17.5 Å². The van der Waals surface area contributed by atoms with Gasteiger partial charge in [0.2, 0.25) is 5.91 Å². The van der Waals surface area contributed by atoms with Gasteiger partial charge in [0.1, 0.15) is 5.75 Å². The van der Waals surface area contributed by atoms with Crippen molar-refractivity contribution in [1.82, 2.24) is 0 Å². The SMILES string of the molecule is Cl.NC1C2CCC(C2)C1C(=O)Nc1ccc(OC(F)F)c(Cl)c1. The van der Waals surface area contributed by atoms with Crippen molar-refractivity contribution in [1.29, 1.82) is 0 Å². The zero-order valence-electron chi connectivity index (χ0n) is 12.2. The first kappa shape index (κ1) is 18.2. The number of hydrogen-bond acceptors (Lipinski definition) is 3. The number of nitrogens with two attached hydrogens (primary N) is 1. The highest BCUT2D eigenvalue weighted by atomic mass is 35.5. The summed E-state index contributed by atoms with van der Waals surface area (Å²) in [6.45, 7) is -2.94. The van der Waals surface area contributed by atoms with E-state index >= 15 is 0 Å². The maximum Gasteiger partial charge on any atom is 0.387 e. The predicted molar refractivity (Wildman–Crippen MR) is 86.3 cm³/mol. The van der Waals surface area contributed by atoms with E-state index in [-0.39, 0.29) is 41.0 Å². The van der Waals surface area contributed by atoms with Crippen molar-refractivity contribution in [3.8, 4) is 5.75 Å². The van der Waals surface area contributed by atoms with Gasteiger partial charge in [0.15, 0.2) is 0 Å². The largest absolute Gasteiger partial charge is 0.433 e. The lowest BCUT2D eigenvalue weighted by molar-refractivity contribution is -0.121. The molecule has 3 N–H and O–H groups in total. The first-order chi connectivity index (χ1) is 10.5. The lowest BCUT2D eigenvalue weighted by Crippen LogP contribution is -2.42. The normalized spacial score (nSPS) is 28.6. The number of nitrogens with one attached hydrogen (secondary N) is 1. The molecule has 0 spiro atoms. The Morgan fingerprint density at radius 2 is 2.04 bits per heavy atom. The third kappa shape index (κ3) is 3.70. The van der Waals surface area contributed by atoms with E-state index in [2.05, 4.69) is 10.1 Å². The second-order valence-corrected chi connectivity index (χ2v) is 6.36. The van der Waals surface area contributed by atoms with Gasteiger partial charge in [-0.2, -0.15) is 8.78 Å².